The molecule has 0 amide bonds. The van der Waals surface area contributed by atoms with Crippen LogP contribution in [0.5, 0.6) is 0 Å². The van der Waals surface area contributed by atoms with E-state index in [-0.39, 0.29) is 11.1 Å². The van der Waals surface area contributed by atoms with E-state index in [4.69, 9.17) is 0 Å². The zero-order valence-corrected chi connectivity index (χ0v) is 14.3. The van der Waals surface area contributed by atoms with Gasteiger partial charge in [-0.05, 0) is 16.7 Å². The minimum Gasteiger partial charge on any atom is -0.374 e. The van der Waals surface area contributed by atoms with Gasteiger partial charge in [0.25, 0.3) is 5.92 Å². The molecule has 3 nitrogen and oxygen atoms in total. The van der Waals surface area contributed by atoms with E-state index in [1.807, 2.05) is 12.3 Å². The molecule has 4 rings (SSSR count). The maximum absolute atomic E-state index is 14.5. The maximum Gasteiger partial charge on any atom is 0.281 e. The smallest absolute Gasteiger partial charge is 0.281 e. The van der Waals surface area contributed by atoms with Crippen molar-refractivity contribution < 1.29 is 13.9 Å². The fourth-order valence-electron chi connectivity index (χ4n) is 3.75. The molecule has 0 saturated carbocycles. The first kappa shape index (κ1) is 16.7. The second-order valence-corrected chi connectivity index (χ2v) is 6.61. The van der Waals surface area contributed by atoms with E-state index < -0.39 is 11.5 Å². The summed E-state index contributed by atoms with van der Waals surface area (Å²) in [5, 5.41) is 15.4. The molecule has 3 aromatic rings. The summed E-state index contributed by atoms with van der Waals surface area (Å²) in [6.07, 6.45) is 5.28. The van der Waals surface area contributed by atoms with Gasteiger partial charge in [0.1, 0.15) is 0 Å². The normalized spacial score (nSPS) is 18.5. The van der Waals surface area contributed by atoms with E-state index in [1.54, 1.807) is 53.4 Å². The SMILES string of the molecule is C=CCn1cc(-c2cccc3c2-c2ccccc2C3(O)C(C)(F)F)cn1. The van der Waals surface area contributed by atoms with Crippen LogP contribution in [0.1, 0.15) is 18.1 Å². The summed E-state index contributed by atoms with van der Waals surface area (Å²) in [5.74, 6) is -3.33. The Balaban J connectivity index is 2.01. The molecule has 0 radical (unpaired) electrons. The third-order valence-electron chi connectivity index (χ3n) is 4.94. The molecule has 1 N–H and O–H groups in total. The molecule has 0 fully saturated rings. The highest BCUT2D eigenvalue weighted by atomic mass is 19.3. The van der Waals surface area contributed by atoms with Crippen molar-refractivity contribution >= 4 is 0 Å². The van der Waals surface area contributed by atoms with Crippen molar-refractivity contribution in [1.29, 1.82) is 0 Å². The number of fused-ring (bicyclic) bond motifs is 3. The quantitative estimate of drug-likeness (QED) is 0.697. The number of aromatic nitrogens is 2. The van der Waals surface area contributed by atoms with Gasteiger partial charge in [-0.25, -0.2) is 8.78 Å². The van der Waals surface area contributed by atoms with Crippen LogP contribution in [-0.4, -0.2) is 20.8 Å². The summed E-state index contributed by atoms with van der Waals surface area (Å²) >= 11 is 0. The molecule has 1 atom stereocenters. The van der Waals surface area contributed by atoms with Gasteiger partial charge in [0.15, 0.2) is 5.60 Å². The number of hydrogen-bond donors (Lipinski definition) is 1. The van der Waals surface area contributed by atoms with Crippen molar-refractivity contribution in [3.8, 4) is 22.3 Å². The van der Waals surface area contributed by atoms with Crippen LogP contribution in [0.4, 0.5) is 8.78 Å². The molecule has 2 aromatic carbocycles. The van der Waals surface area contributed by atoms with Gasteiger partial charge in [-0.3, -0.25) is 4.68 Å². The van der Waals surface area contributed by atoms with E-state index >= 15 is 0 Å². The Kier molecular flexibility index (Phi) is 3.59. The molecule has 1 unspecified atom stereocenters. The monoisotopic (exact) mass is 352 g/mol. The Morgan fingerprint density at radius 2 is 1.85 bits per heavy atom. The second kappa shape index (κ2) is 5.61. The van der Waals surface area contributed by atoms with E-state index in [2.05, 4.69) is 11.7 Å². The van der Waals surface area contributed by atoms with Gasteiger partial charge in [-0.1, -0.05) is 48.5 Å². The lowest BCUT2D eigenvalue weighted by Gasteiger charge is -2.31. The van der Waals surface area contributed by atoms with Crippen LogP contribution < -0.4 is 0 Å². The summed E-state index contributed by atoms with van der Waals surface area (Å²) < 4.78 is 30.8. The summed E-state index contributed by atoms with van der Waals surface area (Å²) in [7, 11) is 0. The molecule has 1 aromatic heterocycles. The molecule has 0 spiro atoms. The number of rotatable bonds is 4. The van der Waals surface area contributed by atoms with Crippen molar-refractivity contribution in [1.82, 2.24) is 9.78 Å². The largest absolute Gasteiger partial charge is 0.374 e. The van der Waals surface area contributed by atoms with Crippen molar-refractivity contribution in [3.05, 3.63) is 78.6 Å². The first-order valence-electron chi connectivity index (χ1n) is 8.35. The molecule has 1 aliphatic carbocycles. The third-order valence-corrected chi connectivity index (χ3v) is 4.94. The predicted octanol–water partition coefficient (Wildman–Crippen LogP) is 4.61. The van der Waals surface area contributed by atoms with Crippen LogP contribution in [0.15, 0.2) is 67.5 Å². The number of nitrogens with zero attached hydrogens (tertiary/aromatic N) is 2. The van der Waals surface area contributed by atoms with Gasteiger partial charge < -0.3 is 5.11 Å². The Morgan fingerprint density at radius 1 is 1.15 bits per heavy atom. The van der Waals surface area contributed by atoms with E-state index in [0.29, 0.717) is 17.7 Å². The van der Waals surface area contributed by atoms with Gasteiger partial charge in [-0.15, -0.1) is 6.58 Å². The number of aliphatic hydroxyl groups is 1. The molecule has 1 heterocycles. The van der Waals surface area contributed by atoms with Gasteiger partial charge >= 0.3 is 0 Å². The average Bonchev–Trinajstić information content (AvgIpc) is 3.18. The molecular weight excluding hydrogens is 334 g/mol. The van der Waals surface area contributed by atoms with Gasteiger partial charge in [0.05, 0.1) is 12.7 Å². The van der Waals surface area contributed by atoms with Crippen molar-refractivity contribution in [3.63, 3.8) is 0 Å². The molecule has 26 heavy (non-hydrogen) atoms. The van der Waals surface area contributed by atoms with Gasteiger partial charge in [0.2, 0.25) is 0 Å². The van der Waals surface area contributed by atoms with E-state index in [1.165, 1.54) is 0 Å². The maximum atomic E-state index is 14.5. The van der Waals surface area contributed by atoms with Crippen LogP contribution in [0.25, 0.3) is 22.3 Å². The fraction of sp³-hybridized carbons (Fsp3) is 0.190. The van der Waals surface area contributed by atoms with Crippen LogP contribution in [0, 0.1) is 0 Å². The first-order chi connectivity index (χ1) is 12.4. The minimum atomic E-state index is -3.33. The topological polar surface area (TPSA) is 38.0 Å². The van der Waals surface area contributed by atoms with Gasteiger partial charge in [0, 0.05) is 29.8 Å². The average molecular weight is 352 g/mol. The van der Waals surface area contributed by atoms with E-state index in [9.17, 15) is 13.9 Å². The highest BCUT2D eigenvalue weighted by Crippen LogP contribution is 2.56. The van der Waals surface area contributed by atoms with Crippen LogP contribution >= 0.6 is 0 Å². The molecular formula is C21H18F2N2O. The minimum absolute atomic E-state index is 0.222. The molecule has 0 aliphatic heterocycles. The molecule has 5 heteroatoms. The number of hydrogen-bond acceptors (Lipinski definition) is 2. The van der Waals surface area contributed by atoms with Crippen molar-refractivity contribution in [2.45, 2.75) is 25.0 Å². The summed E-state index contributed by atoms with van der Waals surface area (Å²) in [6, 6.07) is 11.9. The number of benzene rings is 2. The number of halogens is 2. The molecule has 0 bridgehead atoms. The summed E-state index contributed by atoms with van der Waals surface area (Å²) in [5.41, 5.74) is 0.927. The summed E-state index contributed by atoms with van der Waals surface area (Å²) in [6.45, 7) is 5.01. The predicted molar refractivity (Wildman–Crippen MR) is 96.9 cm³/mol. The Morgan fingerprint density at radius 3 is 2.58 bits per heavy atom. The Bertz CT molecular complexity index is 1000. The van der Waals surface area contributed by atoms with E-state index in [0.717, 1.165) is 18.1 Å². The third kappa shape index (κ3) is 2.17. The van der Waals surface area contributed by atoms with Gasteiger partial charge in [-0.2, -0.15) is 5.10 Å². The Hall–Kier alpha value is -2.79. The fourth-order valence-corrected chi connectivity index (χ4v) is 3.75. The molecule has 0 saturated heterocycles. The molecule has 1 aliphatic rings. The standard InChI is InChI=1S/C21H18F2N2O/c1-3-11-25-13-14(12-24-25)15-8-6-10-18-19(15)16-7-4-5-9-17(16)21(18,26)20(2,22)23/h3-10,12-13,26H,1,11H2,2H3. The zero-order valence-electron chi connectivity index (χ0n) is 14.3. The highest BCUT2D eigenvalue weighted by Gasteiger charge is 2.56. The summed E-state index contributed by atoms with van der Waals surface area (Å²) in [4.78, 5) is 0. The zero-order chi connectivity index (χ0) is 18.5. The lowest BCUT2D eigenvalue weighted by atomic mass is 9.85. The van der Waals surface area contributed by atoms with Crippen molar-refractivity contribution in [2.24, 2.45) is 0 Å². The van der Waals surface area contributed by atoms with Crippen molar-refractivity contribution in [2.75, 3.05) is 0 Å². The number of allylic oxidation sites excluding steroid dienone is 1. The van der Waals surface area contributed by atoms with Crippen LogP contribution in [0.2, 0.25) is 0 Å². The second-order valence-electron chi connectivity index (χ2n) is 6.61. The van der Waals surface area contributed by atoms with Crippen LogP contribution in [-0.2, 0) is 12.1 Å². The lowest BCUT2D eigenvalue weighted by Crippen LogP contribution is -2.42. The highest BCUT2D eigenvalue weighted by molar-refractivity contribution is 5.92. The van der Waals surface area contributed by atoms with Crippen LogP contribution in [0.3, 0.4) is 0 Å². The molecule has 132 valence electrons. The number of alkyl halides is 2. The Labute approximate surface area is 150 Å². The first-order valence-corrected chi connectivity index (χ1v) is 8.35. The lowest BCUT2D eigenvalue weighted by molar-refractivity contribution is -0.148.